The Labute approximate surface area is 111 Å². The second-order valence-corrected chi connectivity index (χ2v) is 4.54. The molecule has 0 aliphatic carbocycles. The molecule has 2 rings (SSSR count). The molecule has 1 aromatic heterocycles. The molecule has 1 N–H and O–H groups in total. The molecule has 0 amide bonds. The summed E-state index contributed by atoms with van der Waals surface area (Å²) < 4.78 is 18.9. The Morgan fingerprint density at radius 1 is 1.28 bits per heavy atom. The van der Waals surface area contributed by atoms with E-state index in [2.05, 4.69) is 12.2 Å². The summed E-state index contributed by atoms with van der Waals surface area (Å²) in [5.41, 5.74) is 0.654. The van der Waals surface area contributed by atoms with Gasteiger partial charge in [0, 0.05) is 10.6 Å². The van der Waals surface area contributed by atoms with Crippen molar-refractivity contribution in [1.29, 1.82) is 0 Å². The number of hydrogen-bond acceptors (Lipinski definition) is 2. The van der Waals surface area contributed by atoms with Crippen molar-refractivity contribution in [2.45, 2.75) is 19.9 Å². The van der Waals surface area contributed by atoms with Crippen LogP contribution in [0.4, 0.5) is 4.39 Å². The monoisotopic (exact) mass is 267 g/mol. The minimum absolute atomic E-state index is 0.362. The summed E-state index contributed by atoms with van der Waals surface area (Å²) in [7, 11) is 0. The molecule has 2 aromatic rings. The summed E-state index contributed by atoms with van der Waals surface area (Å²) in [5, 5.41) is 3.61. The fourth-order valence-electron chi connectivity index (χ4n) is 1.71. The van der Waals surface area contributed by atoms with Crippen LogP contribution in [-0.4, -0.2) is 6.54 Å². The summed E-state index contributed by atoms with van der Waals surface area (Å²) >= 11 is 5.82. The van der Waals surface area contributed by atoms with Crippen LogP contribution in [0.2, 0.25) is 5.02 Å². The van der Waals surface area contributed by atoms with Gasteiger partial charge in [0.15, 0.2) is 0 Å². The van der Waals surface area contributed by atoms with Gasteiger partial charge in [-0.25, -0.2) is 4.39 Å². The van der Waals surface area contributed by atoms with E-state index in [9.17, 15) is 4.39 Å². The summed E-state index contributed by atoms with van der Waals surface area (Å²) in [6.45, 7) is 3.73. The SMILES string of the molecule is CCCNCc1ccc(-c2cc(F)cc(Cl)c2)o1. The Hall–Kier alpha value is -1.32. The zero-order valence-electron chi connectivity index (χ0n) is 10.2. The van der Waals surface area contributed by atoms with Crippen LogP contribution in [0.3, 0.4) is 0 Å². The van der Waals surface area contributed by atoms with Gasteiger partial charge >= 0.3 is 0 Å². The highest BCUT2D eigenvalue weighted by Gasteiger charge is 2.07. The Morgan fingerprint density at radius 3 is 2.83 bits per heavy atom. The van der Waals surface area contributed by atoms with Crippen molar-refractivity contribution in [2.24, 2.45) is 0 Å². The first-order chi connectivity index (χ1) is 8.69. The second-order valence-electron chi connectivity index (χ2n) is 4.10. The highest BCUT2D eigenvalue weighted by molar-refractivity contribution is 6.30. The van der Waals surface area contributed by atoms with Crippen LogP contribution in [0.1, 0.15) is 19.1 Å². The lowest BCUT2D eigenvalue weighted by atomic mass is 10.2. The normalized spacial score (nSPS) is 10.8. The smallest absolute Gasteiger partial charge is 0.134 e. The van der Waals surface area contributed by atoms with Crippen molar-refractivity contribution in [3.05, 3.63) is 46.9 Å². The second kappa shape index (κ2) is 6.03. The molecular formula is C14H15ClFNO. The topological polar surface area (TPSA) is 25.2 Å². The molecule has 18 heavy (non-hydrogen) atoms. The number of hydrogen-bond donors (Lipinski definition) is 1. The van der Waals surface area contributed by atoms with Gasteiger partial charge < -0.3 is 9.73 Å². The molecule has 0 unspecified atom stereocenters. The molecule has 2 nitrogen and oxygen atoms in total. The summed E-state index contributed by atoms with van der Waals surface area (Å²) in [5.74, 6) is 1.10. The molecule has 0 fully saturated rings. The summed E-state index contributed by atoms with van der Waals surface area (Å²) in [6.07, 6.45) is 1.08. The van der Waals surface area contributed by atoms with E-state index in [4.69, 9.17) is 16.0 Å². The molecule has 4 heteroatoms. The highest BCUT2D eigenvalue weighted by Crippen LogP contribution is 2.26. The Kier molecular flexibility index (Phi) is 4.39. The third-order valence-electron chi connectivity index (χ3n) is 2.53. The standard InChI is InChI=1S/C14H15ClFNO/c1-2-5-17-9-13-3-4-14(18-13)10-6-11(15)8-12(16)7-10/h3-4,6-8,17H,2,5,9H2,1H3. The molecular weight excluding hydrogens is 253 g/mol. The van der Waals surface area contributed by atoms with Gasteiger partial charge in [-0.1, -0.05) is 18.5 Å². The van der Waals surface area contributed by atoms with Crippen LogP contribution in [0.15, 0.2) is 34.7 Å². The van der Waals surface area contributed by atoms with Crippen LogP contribution in [0.25, 0.3) is 11.3 Å². The van der Waals surface area contributed by atoms with E-state index in [1.807, 2.05) is 12.1 Å². The Bertz CT molecular complexity index is 504. The van der Waals surface area contributed by atoms with E-state index in [1.54, 1.807) is 6.07 Å². The number of furan rings is 1. The summed E-state index contributed by atoms with van der Waals surface area (Å²) in [6, 6.07) is 8.09. The van der Waals surface area contributed by atoms with Crippen molar-refractivity contribution in [3.63, 3.8) is 0 Å². The molecule has 1 aromatic carbocycles. The molecule has 0 bridgehead atoms. The van der Waals surface area contributed by atoms with Crippen molar-refractivity contribution in [2.75, 3.05) is 6.54 Å². The van der Waals surface area contributed by atoms with Gasteiger partial charge in [0.05, 0.1) is 6.54 Å². The Balaban J connectivity index is 2.13. The first-order valence-electron chi connectivity index (χ1n) is 5.95. The zero-order valence-corrected chi connectivity index (χ0v) is 10.9. The van der Waals surface area contributed by atoms with Gasteiger partial charge in [-0.05, 0) is 43.3 Å². The number of rotatable bonds is 5. The average Bonchev–Trinajstić information content (AvgIpc) is 2.77. The van der Waals surface area contributed by atoms with Crippen LogP contribution in [-0.2, 0) is 6.54 Å². The van der Waals surface area contributed by atoms with E-state index in [1.165, 1.54) is 12.1 Å². The van der Waals surface area contributed by atoms with Crippen molar-refractivity contribution in [3.8, 4) is 11.3 Å². The van der Waals surface area contributed by atoms with Crippen molar-refractivity contribution >= 4 is 11.6 Å². The first kappa shape index (κ1) is 13.1. The summed E-state index contributed by atoms with van der Waals surface area (Å²) in [4.78, 5) is 0. The highest BCUT2D eigenvalue weighted by atomic mass is 35.5. The first-order valence-corrected chi connectivity index (χ1v) is 6.32. The molecule has 0 radical (unpaired) electrons. The van der Waals surface area contributed by atoms with Gasteiger partial charge in [-0.3, -0.25) is 0 Å². The molecule has 0 saturated carbocycles. The lowest BCUT2D eigenvalue weighted by Gasteiger charge is -2.01. The Morgan fingerprint density at radius 2 is 2.11 bits per heavy atom. The van der Waals surface area contributed by atoms with Gasteiger partial charge in [0.25, 0.3) is 0 Å². The van der Waals surface area contributed by atoms with Crippen molar-refractivity contribution < 1.29 is 8.81 Å². The van der Waals surface area contributed by atoms with Gasteiger partial charge in [0.2, 0.25) is 0 Å². The lowest BCUT2D eigenvalue weighted by Crippen LogP contribution is -2.12. The quantitative estimate of drug-likeness (QED) is 0.820. The lowest BCUT2D eigenvalue weighted by molar-refractivity contribution is 0.493. The van der Waals surface area contributed by atoms with E-state index < -0.39 is 0 Å². The minimum Gasteiger partial charge on any atom is -0.460 e. The third-order valence-corrected chi connectivity index (χ3v) is 2.75. The molecule has 0 aliphatic heterocycles. The predicted molar refractivity (Wildman–Crippen MR) is 71.1 cm³/mol. The fraction of sp³-hybridized carbons (Fsp3) is 0.286. The predicted octanol–water partition coefficient (Wildman–Crippen LogP) is 4.24. The number of nitrogens with one attached hydrogen (secondary N) is 1. The molecule has 1 heterocycles. The van der Waals surface area contributed by atoms with Crippen LogP contribution in [0.5, 0.6) is 0 Å². The zero-order chi connectivity index (χ0) is 13.0. The van der Waals surface area contributed by atoms with E-state index in [0.717, 1.165) is 18.7 Å². The molecule has 0 saturated heterocycles. The van der Waals surface area contributed by atoms with E-state index >= 15 is 0 Å². The molecule has 0 atom stereocenters. The maximum atomic E-state index is 13.2. The fourth-order valence-corrected chi connectivity index (χ4v) is 1.93. The third kappa shape index (κ3) is 3.34. The largest absolute Gasteiger partial charge is 0.460 e. The van der Waals surface area contributed by atoms with Crippen LogP contribution in [0, 0.1) is 5.82 Å². The van der Waals surface area contributed by atoms with Crippen molar-refractivity contribution in [1.82, 2.24) is 5.32 Å². The number of benzene rings is 1. The molecule has 0 spiro atoms. The minimum atomic E-state index is -0.362. The van der Waals surface area contributed by atoms with Crippen LogP contribution >= 0.6 is 11.6 Å². The molecule has 0 aliphatic rings. The van der Waals surface area contributed by atoms with Gasteiger partial charge in [-0.2, -0.15) is 0 Å². The maximum absolute atomic E-state index is 13.2. The van der Waals surface area contributed by atoms with E-state index in [-0.39, 0.29) is 5.82 Å². The van der Waals surface area contributed by atoms with Gasteiger partial charge in [0.1, 0.15) is 17.3 Å². The number of halogens is 2. The van der Waals surface area contributed by atoms with E-state index in [0.29, 0.717) is 22.9 Å². The maximum Gasteiger partial charge on any atom is 0.134 e. The molecule has 96 valence electrons. The van der Waals surface area contributed by atoms with Gasteiger partial charge in [-0.15, -0.1) is 0 Å². The average molecular weight is 268 g/mol. The van der Waals surface area contributed by atoms with Crippen LogP contribution < -0.4 is 5.32 Å².